The monoisotopic (exact) mass is 845 g/mol. The number of ether oxygens (including phenoxy) is 4. The molecule has 0 bridgehead atoms. The number of hydrogen-bond donors (Lipinski definition) is 4. The van der Waals surface area contributed by atoms with Gasteiger partial charge in [-0.1, -0.05) is 159 Å². The van der Waals surface area contributed by atoms with Crippen molar-refractivity contribution in [2.24, 2.45) is 0 Å². The molecule has 1 aliphatic heterocycles. The number of hydrogen-bond acceptors (Lipinski definition) is 11. The van der Waals surface area contributed by atoms with Crippen molar-refractivity contribution in [3.8, 4) is 0 Å². The van der Waals surface area contributed by atoms with Crippen molar-refractivity contribution in [3.05, 3.63) is 48.6 Å². The predicted octanol–water partition coefficient (Wildman–Crippen LogP) is 9.19. The number of allylic oxidation sites excluding steroid dienone is 8. The molecule has 0 amide bonds. The van der Waals surface area contributed by atoms with Crippen molar-refractivity contribution < 1.29 is 56.2 Å². The van der Waals surface area contributed by atoms with E-state index in [4.69, 9.17) is 23.5 Å². The van der Waals surface area contributed by atoms with Crippen LogP contribution in [0.2, 0.25) is 0 Å². The number of rotatable bonds is 38. The molecular weight excluding hydrogens is 765 g/mol. The summed E-state index contributed by atoms with van der Waals surface area (Å²) in [5.41, 5.74) is 0. The van der Waals surface area contributed by atoms with Gasteiger partial charge >= 0.3 is 16.4 Å². The van der Waals surface area contributed by atoms with Gasteiger partial charge in [-0.05, 0) is 51.4 Å². The third kappa shape index (κ3) is 30.1. The number of carbonyl (C=O) groups is 1. The van der Waals surface area contributed by atoms with Crippen LogP contribution in [0.4, 0.5) is 0 Å². The molecule has 6 atom stereocenters. The molecule has 12 nitrogen and oxygen atoms in total. The Bertz CT molecular complexity index is 1200. The van der Waals surface area contributed by atoms with Gasteiger partial charge in [0.05, 0.1) is 19.8 Å². The van der Waals surface area contributed by atoms with Crippen LogP contribution in [0.15, 0.2) is 48.6 Å². The molecule has 1 saturated heterocycles. The van der Waals surface area contributed by atoms with Gasteiger partial charge in [0.2, 0.25) is 0 Å². The predicted molar refractivity (Wildman–Crippen MR) is 230 cm³/mol. The molecule has 0 radical (unpaired) electrons. The van der Waals surface area contributed by atoms with E-state index in [2.05, 4.69) is 66.6 Å². The fourth-order valence-electron chi connectivity index (χ4n) is 6.60. The minimum absolute atomic E-state index is 0.0343. The molecule has 0 aromatic heterocycles. The quantitative estimate of drug-likeness (QED) is 0.0201. The fraction of sp³-hybridized carbons (Fsp3) is 0.800. The molecule has 58 heavy (non-hydrogen) atoms. The summed E-state index contributed by atoms with van der Waals surface area (Å²) in [7, 11) is -5.06. The minimum atomic E-state index is -5.06. The Morgan fingerprint density at radius 3 is 1.74 bits per heavy atom. The smallest absolute Gasteiger partial charge is 0.397 e. The summed E-state index contributed by atoms with van der Waals surface area (Å²) in [6.45, 7) is 3.81. The standard InChI is InChI=1S/C45H80O12S/c1-3-5-7-9-11-12-13-14-15-16-17-18-19-20-21-22-23-24-25-26-27-28-29-30-32-34-41(47)55-39(37-53-35-33-31-10-8-6-4-2)38-54-45-43(49)44(57-58(50,51)52)42(48)40(36-46)56-45/h5,7,11-12,14-15,17-18,39-40,42-46,48-49H,3-4,6,8-10,13,16,19-38H2,1-2H3,(H,50,51,52)/b7-5-,12-11-,15-14-,18-17-. The Morgan fingerprint density at radius 2 is 1.19 bits per heavy atom. The van der Waals surface area contributed by atoms with Gasteiger partial charge in [0.25, 0.3) is 0 Å². The molecule has 0 spiro atoms. The lowest BCUT2D eigenvalue weighted by Crippen LogP contribution is -2.60. The lowest BCUT2D eigenvalue weighted by atomic mass is 9.99. The summed E-state index contributed by atoms with van der Waals surface area (Å²) in [5.74, 6) is -0.406. The molecule has 1 rings (SSSR count). The van der Waals surface area contributed by atoms with Crippen molar-refractivity contribution in [2.75, 3.05) is 26.4 Å². The summed E-state index contributed by atoms with van der Waals surface area (Å²) in [4.78, 5) is 12.8. The van der Waals surface area contributed by atoms with E-state index in [9.17, 15) is 28.5 Å². The first-order valence-electron chi connectivity index (χ1n) is 22.4. The van der Waals surface area contributed by atoms with Gasteiger partial charge in [-0.2, -0.15) is 8.42 Å². The summed E-state index contributed by atoms with van der Waals surface area (Å²) in [6.07, 6.45) is 34.7. The second kappa shape index (κ2) is 36.9. The average Bonchev–Trinajstić information content (AvgIpc) is 3.19. The summed E-state index contributed by atoms with van der Waals surface area (Å²) in [6, 6.07) is 0. The second-order valence-electron chi connectivity index (χ2n) is 15.3. The number of esters is 1. The Labute approximate surface area is 351 Å². The van der Waals surface area contributed by atoms with Gasteiger partial charge in [0.1, 0.15) is 30.5 Å². The van der Waals surface area contributed by atoms with Crippen molar-refractivity contribution in [1.29, 1.82) is 0 Å². The van der Waals surface area contributed by atoms with Crippen LogP contribution in [0.5, 0.6) is 0 Å². The average molecular weight is 845 g/mol. The molecule has 338 valence electrons. The van der Waals surface area contributed by atoms with E-state index in [1.165, 1.54) is 70.6 Å². The van der Waals surface area contributed by atoms with E-state index in [1.807, 2.05) is 0 Å². The maximum Gasteiger partial charge on any atom is 0.397 e. The first-order chi connectivity index (χ1) is 28.1. The van der Waals surface area contributed by atoms with Crippen LogP contribution < -0.4 is 0 Å². The van der Waals surface area contributed by atoms with Crippen molar-refractivity contribution in [2.45, 2.75) is 205 Å². The van der Waals surface area contributed by atoms with E-state index >= 15 is 0 Å². The molecule has 6 unspecified atom stereocenters. The van der Waals surface area contributed by atoms with Crippen molar-refractivity contribution >= 4 is 16.4 Å². The third-order valence-electron chi connectivity index (χ3n) is 9.97. The maximum absolute atomic E-state index is 12.8. The zero-order chi connectivity index (χ0) is 42.5. The van der Waals surface area contributed by atoms with Gasteiger partial charge in [0, 0.05) is 13.0 Å². The van der Waals surface area contributed by atoms with Crippen LogP contribution in [0.3, 0.4) is 0 Å². The van der Waals surface area contributed by atoms with Gasteiger partial charge < -0.3 is 34.3 Å². The summed E-state index contributed by atoms with van der Waals surface area (Å²) in [5, 5.41) is 30.5. The lowest BCUT2D eigenvalue weighted by Gasteiger charge is -2.41. The van der Waals surface area contributed by atoms with Crippen LogP contribution in [-0.2, 0) is 38.3 Å². The third-order valence-corrected chi connectivity index (χ3v) is 10.4. The van der Waals surface area contributed by atoms with Gasteiger partial charge in [0.15, 0.2) is 6.29 Å². The molecule has 13 heteroatoms. The first kappa shape index (κ1) is 54.1. The highest BCUT2D eigenvalue weighted by atomic mass is 32.3. The van der Waals surface area contributed by atoms with Crippen molar-refractivity contribution in [3.63, 3.8) is 0 Å². The van der Waals surface area contributed by atoms with E-state index in [0.29, 0.717) is 13.0 Å². The maximum atomic E-state index is 12.8. The van der Waals surface area contributed by atoms with Gasteiger partial charge in [-0.15, -0.1) is 0 Å². The van der Waals surface area contributed by atoms with Crippen LogP contribution in [0, 0.1) is 0 Å². The largest absolute Gasteiger partial charge is 0.457 e. The Balaban J connectivity index is 2.26. The number of carbonyl (C=O) groups excluding carboxylic acids is 1. The molecule has 0 aromatic carbocycles. The van der Waals surface area contributed by atoms with Crippen LogP contribution in [-0.4, -0.2) is 97.5 Å². The molecule has 0 aliphatic carbocycles. The summed E-state index contributed by atoms with van der Waals surface area (Å²) >= 11 is 0. The van der Waals surface area contributed by atoms with E-state index in [1.54, 1.807) is 0 Å². The fourth-order valence-corrected chi connectivity index (χ4v) is 7.11. The van der Waals surface area contributed by atoms with Gasteiger partial charge in [-0.25, -0.2) is 4.18 Å². The highest BCUT2D eigenvalue weighted by Gasteiger charge is 2.48. The molecule has 0 saturated carbocycles. The van der Waals surface area contributed by atoms with Gasteiger partial charge in [-0.3, -0.25) is 9.35 Å². The first-order valence-corrected chi connectivity index (χ1v) is 23.8. The number of aliphatic hydroxyl groups is 3. The molecule has 1 fully saturated rings. The Hall–Kier alpha value is -1.94. The zero-order valence-electron chi connectivity index (χ0n) is 35.8. The highest BCUT2D eigenvalue weighted by Crippen LogP contribution is 2.26. The van der Waals surface area contributed by atoms with Crippen LogP contribution >= 0.6 is 0 Å². The van der Waals surface area contributed by atoms with Crippen LogP contribution in [0.25, 0.3) is 0 Å². The van der Waals surface area contributed by atoms with E-state index in [-0.39, 0.29) is 19.6 Å². The van der Waals surface area contributed by atoms with Crippen LogP contribution in [0.1, 0.15) is 168 Å². The topological polar surface area (TPSA) is 178 Å². The zero-order valence-corrected chi connectivity index (χ0v) is 36.7. The second-order valence-corrected chi connectivity index (χ2v) is 16.3. The molecule has 4 N–H and O–H groups in total. The molecule has 1 aliphatic rings. The molecule has 1 heterocycles. The Kier molecular flexibility index (Phi) is 34.4. The lowest BCUT2D eigenvalue weighted by molar-refractivity contribution is -0.301. The Morgan fingerprint density at radius 1 is 0.672 bits per heavy atom. The van der Waals surface area contributed by atoms with E-state index < -0.39 is 59.8 Å². The normalized spacial score (nSPS) is 21.0. The summed E-state index contributed by atoms with van der Waals surface area (Å²) < 4.78 is 58.7. The van der Waals surface area contributed by atoms with E-state index in [0.717, 1.165) is 70.6 Å². The number of unbranched alkanes of at least 4 members (excludes halogenated alkanes) is 17. The number of aliphatic hydroxyl groups excluding tert-OH is 3. The molecule has 0 aromatic rings. The SMILES string of the molecule is CC/C=C\C/C=C\C/C=C\C/C=C\CCCCCCCCCCCCCCC(=O)OC(COCCCCCCCC)COC1OC(CO)C(O)C(OS(=O)(=O)O)C1O. The minimum Gasteiger partial charge on any atom is -0.457 e. The van der Waals surface area contributed by atoms with Crippen molar-refractivity contribution in [1.82, 2.24) is 0 Å². The highest BCUT2D eigenvalue weighted by molar-refractivity contribution is 7.80. The molecular formula is C45H80O12S.